The number of para-hydroxylation sites is 1. The predicted molar refractivity (Wildman–Crippen MR) is 100 cm³/mol. The number of benzene rings is 2. The Morgan fingerprint density at radius 2 is 1.70 bits per heavy atom. The Balaban J connectivity index is 1.60. The minimum Gasteiger partial charge on any atom is -0.443 e. The molecule has 3 aromatic rings. The van der Waals surface area contributed by atoms with Crippen molar-refractivity contribution in [3.05, 3.63) is 71.9 Å². The first-order valence-corrected chi connectivity index (χ1v) is 8.92. The van der Waals surface area contributed by atoms with Gasteiger partial charge in [-0.25, -0.2) is 4.79 Å². The molecule has 1 aliphatic rings. The molecular formula is C21H20N2O4. The number of carbonyl (C=O) groups is 2. The third kappa shape index (κ3) is 3.71. The van der Waals surface area contributed by atoms with Gasteiger partial charge in [-0.15, -0.1) is 0 Å². The zero-order valence-electron chi connectivity index (χ0n) is 14.8. The van der Waals surface area contributed by atoms with Crippen LogP contribution < -0.4 is 0 Å². The first-order chi connectivity index (χ1) is 13.2. The van der Waals surface area contributed by atoms with Crippen LogP contribution in [0.5, 0.6) is 0 Å². The second-order valence-electron chi connectivity index (χ2n) is 6.40. The van der Waals surface area contributed by atoms with Crippen molar-refractivity contribution in [3.8, 4) is 0 Å². The number of hydrogen-bond acceptors (Lipinski definition) is 4. The van der Waals surface area contributed by atoms with Crippen LogP contribution in [-0.4, -0.2) is 48.1 Å². The smallest absolute Gasteiger partial charge is 0.355 e. The molecule has 1 atom stereocenters. The maximum atomic E-state index is 13.0. The van der Waals surface area contributed by atoms with Crippen molar-refractivity contribution in [1.29, 1.82) is 0 Å². The van der Waals surface area contributed by atoms with Gasteiger partial charge in [0.25, 0.3) is 5.91 Å². The van der Waals surface area contributed by atoms with Crippen molar-refractivity contribution >= 4 is 22.8 Å². The van der Waals surface area contributed by atoms with Crippen LogP contribution in [0.2, 0.25) is 0 Å². The van der Waals surface area contributed by atoms with E-state index < -0.39 is 12.1 Å². The van der Waals surface area contributed by atoms with Gasteiger partial charge in [0.1, 0.15) is 5.69 Å². The predicted octanol–water partition coefficient (Wildman–Crippen LogP) is 2.92. The second-order valence-corrected chi connectivity index (χ2v) is 6.40. The molecular weight excluding hydrogens is 344 g/mol. The Morgan fingerprint density at radius 1 is 1.00 bits per heavy atom. The van der Waals surface area contributed by atoms with Gasteiger partial charge in [0.05, 0.1) is 13.2 Å². The van der Waals surface area contributed by atoms with Gasteiger partial charge in [-0.3, -0.25) is 4.79 Å². The minimum atomic E-state index is -0.983. The Bertz CT molecular complexity index is 912. The van der Waals surface area contributed by atoms with Gasteiger partial charge in [0, 0.05) is 29.6 Å². The molecule has 1 saturated heterocycles. The number of ether oxygens (including phenoxy) is 2. The van der Waals surface area contributed by atoms with Crippen molar-refractivity contribution < 1.29 is 19.1 Å². The lowest BCUT2D eigenvalue weighted by Gasteiger charge is -2.30. The molecule has 1 aromatic heterocycles. The molecule has 0 unspecified atom stereocenters. The van der Waals surface area contributed by atoms with Gasteiger partial charge in [-0.05, 0) is 12.1 Å². The van der Waals surface area contributed by atoms with Crippen molar-refractivity contribution in [1.82, 2.24) is 9.88 Å². The topological polar surface area (TPSA) is 71.6 Å². The van der Waals surface area contributed by atoms with Crippen molar-refractivity contribution in [2.75, 3.05) is 26.3 Å². The number of morpholine rings is 1. The van der Waals surface area contributed by atoms with Gasteiger partial charge in [-0.1, -0.05) is 48.5 Å². The summed E-state index contributed by atoms with van der Waals surface area (Å²) in [6.07, 6.45) is -0.983. The summed E-state index contributed by atoms with van der Waals surface area (Å²) >= 11 is 0. The Kier molecular flexibility index (Phi) is 4.89. The van der Waals surface area contributed by atoms with Crippen LogP contribution in [-0.2, 0) is 14.3 Å². The van der Waals surface area contributed by atoms with Gasteiger partial charge in [-0.2, -0.15) is 0 Å². The number of fused-ring (bicyclic) bond motifs is 1. The van der Waals surface area contributed by atoms with Crippen molar-refractivity contribution in [2.45, 2.75) is 6.10 Å². The Hall–Kier alpha value is -3.12. The number of H-pyrrole nitrogens is 1. The maximum absolute atomic E-state index is 13.0. The van der Waals surface area contributed by atoms with E-state index in [9.17, 15) is 9.59 Å². The summed E-state index contributed by atoms with van der Waals surface area (Å²) in [6.45, 7) is 1.96. The lowest BCUT2D eigenvalue weighted by atomic mass is 10.1. The fourth-order valence-corrected chi connectivity index (χ4v) is 3.19. The van der Waals surface area contributed by atoms with Gasteiger partial charge in [0.2, 0.25) is 6.10 Å². The minimum absolute atomic E-state index is 0.228. The molecule has 1 N–H and O–H groups in total. The highest BCUT2D eigenvalue weighted by Gasteiger charge is 2.31. The van der Waals surface area contributed by atoms with Crippen LogP contribution in [0.4, 0.5) is 0 Å². The highest BCUT2D eigenvalue weighted by atomic mass is 16.5. The highest BCUT2D eigenvalue weighted by Crippen LogP contribution is 2.23. The molecule has 0 bridgehead atoms. The summed E-state index contributed by atoms with van der Waals surface area (Å²) in [6, 6.07) is 18.4. The number of esters is 1. The standard InChI is InChI=1S/C21H20N2O4/c24-20(23-10-12-26-13-11-23)19(15-6-2-1-3-7-15)27-21(25)18-14-16-8-4-5-9-17(16)22-18/h1-9,14,19,22H,10-13H2/t19-/m0/s1. The number of aromatic nitrogens is 1. The fourth-order valence-electron chi connectivity index (χ4n) is 3.19. The molecule has 0 aliphatic carbocycles. The van der Waals surface area contributed by atoms with Gasteiger partial charge < -0.3 is 19.4 Å². The van der Waals surface area contributed by atoms with Crippen molar-refractivity contribution in [2.24, 2.45) is 0 Å². The number of amides is 1. The Morgan fingerprint density at radius 3 is 2.44 bits per heavy atom. The molecule has 4 rings (SSSR count). The lowest BCUT2D eigenvalue weighted by molar-refractivity contribution is -0.145. The van der Waals surface area contributed by atoms with Crippen LogP contribution in [0, 0.1) is 0 Å². The first kappa shape index (κ1) is 17.3. The monoisotopic (exact) mass is 364 g/mol. The molecule has 6 nitrogen and oxygen atoms in total. The molecule has 27 heavy (non-hydrogen) atoms. The van der Waals surface area contributed by atoms with E-state index in [1.807, 2.05) is 42.5 Å². The van der Waals surface area contributed by atoms with E-state index in [0.29, 0.717) is 37.6 Å². The number of rotatable bonds is 4. The quantitative estimate of drug-likeness (QED) is 0.723. The van der Waals surface area contributed by atoms with Gasteiger partial charge >= 0.3 is 5.97 Å². The molecule has 2 aromatic carbocycles. The largest absolute Gasteiger partial charge is 0.443 e. The van der Waals surface area contributed by atoms with Crippen LogP contribution in [0.1, 0.15) is 22.2 Å². The summed E-state index contributed by atoms with van der Waals surface area (Å²) < 4.78 is 11.0. The number of aromatic amines is 1. The zero-order valence-corrected chi connectivity index (χ0v) is 14.8. The van der Waals surface area contributed by atoms with E-state index >= 15 is 0 Å². The molecule has 0 radical (unpaired) electrons. The molecule has 1 aliphatic heterocycles. The summed E-state index contributed by atoms with van der Waals surface area (Å²) in [5.74, 6) is -0.782. The lowest BCUT2D eigenvalue weighted by Crippen LogP contribution is -2.44. The van der Waals surface area contributed by atoms with Crippen LogP contribution >= 0.6 is 0 Å². The van der Waals surface area contributed by atoms with Crippen molar-refractivity contribution in [3.63, 3.8) is 0 Å². The van der Waals surface area contributed by atoms with E-state index in [1.54, 1.807) is 23.1 Å². The average Bonchev–Trinajstić information content (AvgIpc) is 3.17. The molecule has 6 heteroatoms. The van der Waals surface area contributed by atoms with Crippen LogP contribution in [0.25, 0.3) is 10.9 Å². The normalized spacial score (nSPS) is 15.5. The molecule has 1 fully saturated rings. The fraction of sp³-hybridized carbons (Fsp3) is 0.238. The van der Waals surface area contributed by atoms with Crippen LogP contribution in [0.3, 0.4) is 0 Å². The summed E-state index contributed by atoms with van der Waals surface area (Å²) in [5.41, 5.74) is 1.82. The average molecular weight is 364 g/mol. The van der Waals surface area contributed by atoms with E-state index in [0.717, 1.165) is 10.9 Å². The second kappa shape index (κ2) is 7.63. The van der Waals surface area contributed by atoms with E-state index in [1.165, 1.54) is 0 Å². The number of nitrogens with zero attached hydrogens (tertiary/aromatic N) is 1. The van der Waals surface area contributed by atoms with Crippen LogP contribution in [0.15, 0.2) is 60.7 Å². The molecule has 1 amide bonds. The summed E-state index contributed by atoms with van der Waals surface area (Å²) in [7, 11) is 0. The van der Waals surface area contributed by atoms with E-state index in [2.05, 4.69) is 4.98 Å². The highest BCUT2D eigenvalue weighted by molar-refractivity contribution is 5.96. The number of carbonyl (C=O) groups excluding carboxylic acids is 2. The first-order valence-electron chi connectivity index (χ1n) is 8.92. The number of nitrogens with one attached hydrogen (secondary N) is 1. The molecule has 0 saturated carbocycles. The number of hydrogen-bond donors (Lipinski definition) is 1. The molecule has 2 heterocycles. The SMILES string of the molecule is O=C(O[C@H](C(=O)N1CCOCC1)c1ccccc1)c1cc2ccccc2[nH]1. The summed E-state index contributed by atoms with van der Waals surface area (Å²) in [5, 5.41) is 0.917. The van der Waals surface area contributed by atoms with E-state index in [-0.39, 0.29) is 5.91 Å². The molecule has 138 valence electrons. The Labute approximate surface area is 156 Å². The summed E-state index contributed by atoms with van der Waals surface area (Å²) in [4.78, 5) is 30.5. The zero-order chi connectivity index (χ0) is 18.6. The van der Waals surface area contributed by atoms with E-state index in [4.69, 9.17) is 9.47 Å². The third-order valence-electron chi connectivity index (χ3n) is 4.62. The molecule has 0 spiro atoms. The third-order valence-corrected chi connectivity index (χ3v) is 4.62. The van der Waals surface area contributed by atoms with Gasteiger partial charge in [0.15, 0.2) is 0 Å². The maximum Gasteiger partial charge on any atom is 0.355 e.